The van der Waals surface area contributed by atoms with Crippen molar-refractivity contribution in [3.05, 3.63) is 46.8 Å². The van der Waals surface area contributed by atoms with E-state index in [9.17, 15) is 9.59 Å². The van der Waals surface area contributed by atoms with Crippen molar-refractivity contribution in [2.75, 3.05) is 12.4 Å². The molecular formula is C15H17N3O3. The Morgan fingerprint density at radius 1 is 1.29 bits per heavy atom. The van der Waals surface area contributed by atoms with Crippen LogP contribution in [0.2, 0.25) is 0 Å². The van der Waals surface area contributed by atoms with Crippen LogP contribution in [0.1, 0.15) is 27.4 Å². The Morgan fingerprint density at radius 2 is 2.05 bits per heavy atom. The summed E-state index contributed by atoms with van der Waals surface area (Å²) in [5, 5.41) is 9.12. The number of aryl methyl sites for hydroxylation is 2. The topological polar surface area (TPSA) is 84.2 Å². The number of benzene rings is 1. The fourth-order valence-corrected chi connectivity index (χ4v) is 2.00. The fraction of sp³-hybridized carbons (Fsp3) is 0.267. The molecule has 1 heterocycles. The largest absolute Gasteiger partial charge is 0.361 e. The maximum atomic E-state index is 12.1. The van der Waals surface area contributed by atoms with Crippen molar-refractivity contribution in [3.63, 3.8) is 0 Å². The van der Waals surface area contributed by atoms with Gasteiger partial charge < -0.3 is 15.2 Å². The van der Waals surface area contributed by atoms with Crippen LogP contribution >= 0.6 is 0 Å². The summed E-state index contributed by atoms with van der Waals surface area (Å²) in [5.41, 5.74) is 2.57. The van der Waals surface area contributed by atoms with E-state index < -0.39 is 0 Å². The van der Waals surface area contributed by atoms with Gasteiger partial charge in [0.15, 0.2) is 0 Å². The number of nitrogens with one attached hydrogen (secondary N) is 2. The molecule has 0 saturated heterocycles. The third-order valence-corrected chi connectivity index (χ3v) is 3.15. The zero-order valence-electron chi connectivity index (χ0n) is 12.2. The lowest BCUT2D eigenvalue weighted by atomic mass is 10.1. The Labute approximate surface area is 122 Å². The third-order valence-electron chi connectivity index (χ3n) is 3.15. The Bertz CT molecular complexity index is 657. The molecule has 2 N–H and O–H groups in total. The highest BCUT2D eigenvalue weighted by Crippen LogP contribution is 2.15. The second-order valence-electron chi connectivity index (χ2n) is 4.69. The average Bonchev–Trinajstić information content (AvgIpc) is 2.78. The van der Waals surface area contributed by atoms with Crippen LogP contribution in [0, 0.1) is 13.8 Å². The van der Waals surface area contributed by atoms with Crippen molar-refractivity contribution in [2.24, 2.45) is 0 Å². The molecule has 0 atom stereocenters. The van der Waals surface area contributed by atoms with E-state index in [1.165, 1.54) is 0 Å². The second kappa shape index (κ2) is 6.21. The second-order valence-corrected chi connectivity index (χ2v) is 4.69. The maximum Gasteiger partial charge on any atom is 0.251 e. The third kappa shape index (κ3) is 3.47. The van der Waals surface area contributed by atoms with Gasteiger partial charge in [-0.25, -0.2) is 0 Å². The highest BCUT2D eigenvalue weighted by atomic mass is 16.5. The standard InChI is InChI=1S/C15H17N3O3/c1-9-13(10(2)21-18-9)8-14(19)17-12-6-4-5-11(7-12)15(20)16-3/h4-7H,8H2,1-3H3,(H,16,20)(H,17,19). The maximum absolute atomic E-state index is 12.1. The van der Waals surface area contributed by atoms with Gasteiger partial charge in [0.25, 0.3) is 5.91 Å². The van der Waals surface area contributed by atoms with Gasteiger partial charge in [-0.1, -0.05) is 11.2 Å². The number of amides is 2. The van der Waals surface area contributed by atoms with E-state index >= 15 is 0 Å². The summed E-state index contributed by atoms with van der Waals surface area (Å²) in [4.78, 5) is 23.6. The quantitative estimate of drug-likeness (QED) is 0.898. The van der Waals surface area contributed by atoms with E-state index in [1.54, 1.807) is 45.2 Å². The minimum absolute atomic E-state index is 0.182. The Balaban J connectivity index is 2.08. The van der Waals surface area contributed by atoms with Crippen LogP contribution in [0.15, 0.2) is 28.8 Å². The molecule has 2 amide bonds. The molecule has 1 aromatic carbocycles. The van der Waals surface area contributed by atoms with Crippen molar-refractivity contribution in [1.29, 1.82) is 0 Å². The molecule has 0 aliphatic rings. The first-order valence-electron chi connectivity index (χ1n) is 6.55. The number of nitrogens with zero attached hydrogens (tertiary/aromatic N) is 1. The smallest absolute Gasteiger partial charge is 0.251 e. The summed E-state index contributed by atoms with van der Waals surface area (Å²) >= 11 is 0. The summed E-state index contributed by atoms with van der Waals surface area (Å²) in [7, 11) is 1.56. The van der Waals surface area contributed by atoms with Crippen molar-refractivity contribution in [2.45, 2.75) is 20.3 Å². The van der Waals surface area contributed by atoms with Crippen molar-refractivity contribution < 1.29 is 14.1 Å². The monoisotopic (exact) mass is 287 g/mol. The van der Waals surface area contributed by atoms with E-state index in [0.717, 1.165) is 5.56 Å². The number of hydrogen-bond acceptors (Lipinski definition) is 4. The Hall–Kier alpha value is -2.63. The fourth-order valence-electron chi connectivity index (χ4n) is 2.00. The lowest BCUT2D eigenvalue weighted by Crippen LogP contribution is -2.19. The molecule has 2 rings (SSSR count). The van der Waals surface area contributed by atoms with E-state index in [4.69, 9.17) is 4.52 Å². The molecule has 6 nitrogen and oxygen atoms in total. The predicted octanol–water partition coefficient (Wildman–Crippen LogP) is 1.83. The van der Waals surface area contributed by atoms with Gasteiger partial charge in [-0.15, -0.1) is 0 Å². The molecule has 0 aliphatic heterocycles. The molecule has 1 aromatic heterocycles. The molecule has 0 fully saturated rings. The van der Waals surface area contributed by atoms with Gasteiger partial charge in [-0.3, -0.25) is 9.59 Å². The summed E-state index contributed by atoms with van der Waals surface area (Å²) in [6.07, 6.45) is 0.186. The van der Waals surface area contributed by atoms with Crippen LogP contribution in [0.3, 0.4) is 0 Å². The van der Waals surface area contributed by atoms with Crippen molar-refractivity contribution in [3.8, 4) is 0 Å². The first kappa shape index (κ1) is 14.8. The number of carbonyl (C=O) groups excluding carboxylic acids is 2. The molecule has 110 valence electrons. The van der Waals surface area contributed by atoms with Gasteiger partial charge in [0.2, 0.25) is 5.91 Å². The van der Waals surface area contributed by atoms with Crippen molar-refractivity contribution in [1.82, 2.24) is 10.5 Å². The molecule has 6 heteroatoms. The van der Waals surface area contributed by atoms with Crippen LogP contribution in [0.5, 0.6) is 0 Å². The van der Waals surface area contributed by atoms with Gasteiger partial charge >= 0.3 is 0 Å². The first-order chi connectivity index (χ1) is 10.0. The molecular weight excluding hydrogens is 270 g/mol. The summed E-state index contributed by atoms with van der Waals surface area (Å²) in [6, 6.07) is 6.76. The SMILES string of the molecule is CNC(=O)c1cccc(NC(=O)Cc2c(C)noc2C)c1. The molecule has 0 spiro atoms. The highest BCUT2D eigenvalue weighted by Gasteiger charge is 2.14. The number of carbonyl (C=O) groups is 2. The highest BCUT2D eigenvalue weighted by molar-refractivity contribution is 5.97. The summed E-state index contributed by atoms with van der Waals surface area (Å²) in [6.45, 7) is 3.57. The predicted molar refractivity (Wildman–Crippen MR) is 78.1 cm³/mol. The number of hydrogen-bond donors (Lipinski definition) is 2. The molecule has 21 heavy (non-hydrogen) atoms. The van der Waals surface area contributed by atoms with E-state index in [-0.39, 0.29) is 18.2 Å². The molecule has 0 unspecified atom stereocenters. The van der Waals surface area contributed by atoms with Gasteiger partial charge in [-0.2, -0.15) is 0 Å². The van der Waals surface area contributed by atoms with Gasteiger partial charge in [0.05, 0.1) is 12.1 Å². The molecule has 0 radical (unpaired) electrons. The molecule has 0 saturated carbocycles. The normalized spacial score (nSPS) is 10.2. The molecule has 0 aliphatic carbocycles. The lowest BCUT2D eigenvalue weighted by molar-refractivity contribution is -0.115. The van der Waals surface area contributed by atoms with E-state index in [2.05, 4.69) is 15.8 Å². The average molecular weight is 287 g/mol. The van der Waals surface area contributed by atoms with Crippen LogP contribution in [-0.2, 0) is 11.2 Å². The minimum Gasteiger partial charge on any atom is -0.361 e. The summed E-state index contributed by atoms with van der Waals surface area (Å²) < 4.78 is 5.03. The van der Waals surface area contributed by atoms with Gasteiger partial charge in [0.1, 0.15) is 5.76 Å². The van der Waals surface area contributed by atoms with Crippen LogP contribution in [-0.4, -0.2) is 24.0 Å². The lowest BCUT2D eigenvalue weighted by Gasteiger charge is -2.07. The number of rotatable bonds is 4. The van der Waals surface area contributed by atoms with Gasteiger partial charge in [-0.05, 0) is 32.0 Å². The van der Waals surface area contributed by atoms with E-state index in [1.807, 2.05) is 0 Å². The zero-order chi connectivity index (χ0) is 15.4. The molecule has 2 aromatic rings. The Morgan fingerprint density at radius 3 is 2.67 bits per heavy atom. The number of aromatic nitrogens is 1. The number of anilines is 1. The Kier molecular flexibility index (Phi) is 4.37. The summed E-state index contributed by atoms with van der Waals surface area (Å²) in [5.74, 6) is 0.261. The first-order valence-corrected chi connectivity index (χ1v) is 6.55. The van der Waals surface area contributed by atoms with E-state index in [0.29, 0.717) is 22.7 Å². The minimum atomic E-state index is -0.197. The molecule has 0 bridgehead atoms. The van der Waals surface area contributed by atoms with Crippen molar-refractivity contribution >= 4 is 17.5 Å². The van der Waals surface area contributed by atoms with Crippen LogP contribution < -0.4 is 10.6 Å². The van der Waals surface area contributed by atoms with Crippen LogP contribution in [0.4, 0.5) is 5.69 Å². The van der Waals surface area contributed by atoms with Crippen LogP contribution in [0.25, 0.3) is 0 Å². The van der Waals surface area contributed by atoms with Gasteiger partial charge in [0, 0.05) is 23.9 Å². The zero-order valence-corrected chi connectivity index (χ0v) is 12.2.